The number of carbonyl (C=O) groups excluding carboxylic acids is 2. The van der Waals surface area contributed by atoms with Crippen LogP contribution in [0.4, 0.5) is 4.39 Å². The molecule has 3 aromatic rings. The fourth-order valence-corrected chi connectivity index (χ4v) is 4.02. The fraction of sp³-hybridized carbons (Fsp3) is 0.286. The number of amides is 1. The summed E-state index contributed by atoms with van der Waals surface area (Å²) >= 11 is 1.13. The van der Waals surface area contributed by atoms with Crippen molar-refractivity contribution in [2.75, 3.05) is 20.8 Å². The van der Waals surface area contributed by atoms with Crippen molar-refractivity contribution in [3.05, 3.63) is 52.6 Å². The van der Waals surface area contributed by atoms with Crippen molar-refractivity contribution in [3.63, 3.8) is 0 Å². The number of hydrogen-bond acceptors (Lipinski definition) is 6. The molecule has 0 radical (unpaired) electrons. The molecule has 0 unspecified atom stereocenters. The number of methoxy groups -OCH3 is 2. The van der Waals surface area contributed by atoms with Crippen LogP contribution in [-0.2, 0) is 27.3 Å². The van der Waals surface area contributed by atoms with Crippen LogP contribution in [0.5, 0.6) is 11.5 Å². The van der Waals surface area contributed by atoms with Gasteiger partial charge in [-0.25, -0.2) is 4.39 Å². The first-order valence-corrected chi connectivity index (χ1v) is 10.00. The van der Waals surface area contributed by atoms with Gasteiger partial charge in [-0.1, -0.05) is 23.5 Å². The predicted octanol–water partition coefficient (Wildman–Crippen LogP) is 3.09. The lowest BCUT2D eigenvalue weighted by Crippen LogP contribution is -2.23. The van der Waals surface area contributed by atoms with Crippen LogP contribution in [-0.4, -0.2) is 37.3 Å². The number of thiazole rings is 1. The molecule has 1 heterocycles. The Morgan fingerprint density at radius 1 is 1.17 bits per heavy atom. The maximum Gasteiger partial charge on any atom is 0.326 e. The lowest BCUT2D eigenvalue weighted by molar-refractivity contribution is -0.143. The average Bonchev–Trinajstić information content (AvgIpc) is 3.06. The number of aromatic nitrogens is 1. The van der Waals surface area contributed by atoms with Gasteiger partial charge in [0.15, 0.2) is 4.80 Å². The second kappa shape index (κ2) is 9.53. The van der Waals surface area contributed by atoms with Crippen molar-refractivity contribution >= 4 is 33.4 Å². The number of para-hydroxylation sites is 1. The van der Waals surface area contributed by atoms with Crippen LogP contribution >= 0.6 is 11.3 Å². The maximum absolute atomic E-state index is 14.4. The first kappa shape index (κ1) is 21.5. The van der Waals surface area contributed by atoms with E-state index in [9.17, 15) is 14.0 Å². The van der Waals surface area contributed by atoms with Gasteiger partial charge in [-0.3, -0.25) is 9.59 Å². The van der Waals surface area contributed by atoms with Crippen LogP contribution < -0.4 is 14.3 Å². The molecule has 0 spiro atoms. The number of hydrogen-bond donors (Lipinski definition) is 0. The van der Waals surface area contributed by atoms with Crippen molar-refractivity contribution in [1.82, 2.24) is 4.57 Å². The van der Waals surface area contributed by atoms with E-state index in [1.54, 1.807) is 37.3 Å². The molecule has 0 bridgehead atoms. The molecule has 0 atom stereocenters. The van der Waals surface area contributed by atoms with Gasteiger partial charge in [0.1, 0.15) is 23.9 Å². The number of carbonyl (C=O) groups is 2. The fourth-order valence-electron chi connectivity index (χ4n) is 2.96. The number of ether oxygens (including phenoxy) is 3. The molecule has 1 aromatic heterocycles. The van der Waals surface area contributed by atoms with Crippen LogP contribution in [0.2, 0.25) is 0 Å². The Hall–Kier alpha value is -3.20. The van der Waals surface area contributed by atoms with Gasteiger partial charge in [-0.2, -0.15) is 4.99 Å². The van der Waals surface area contributed by atoms with Crippen LogP contribution in [0.1, 0.15) is 12.5 Å². The quantitative estimate of drug-likeness (QED) is 0.536. The molecule has 2 aromatic carbocycles. The topological polar surface area (TPSA) is 79.1 Å². The minimum atomic E-state index is -0.536. The lowest BCUT2D eigenvalue weighted by atomic mass is 10.1. The largest absolute Gasteiger partial charge is 0.497 e. The van der Waals surface area contributed by atoms with Crippen molar-refractivity contribution in [3.8, 4) is 11.5 Å². The number of benzene rings is 2. The van der Waals surface area contributed by atoms with Crippen LogP contribution in [0, 0.1) is 5.82 Å². The number of rotatable bonds is 7. The molecule has 0 N–H and O–H groups in total. The molecule has 0 aliphatic carbocycles. The third kappa shape index (κ3) is 4.68. The third-order valence-electron chi connectivity index (χ3n) is 4.30. The van der Waals surface area contributed by atoms with Gasteiger partial charge in [0.05, 0.1) is 37.5 Å². The Balaban J connectivity index is 2.00. The Labute approximate surface area is 176 Å². The van der Waals surface area contributed by atoms with E-state index in [1.807, 2.05) is 0 Å². The first-order valence-electron chi connectivity index (χ1n) is 9.18. The molecule has 0 aliphatic rings. The van der Waals surface area contributed by atoms with Gasteiger partial charge in [0.25, 0.3) is 5.91 Å². The summed E-state index contributed by atoms with van der Waals surface area (Å²) in [5, 5.41) is 0. The summed E-state index contributed by atoms with van der Waals surface area (Å²) < 4.78 is 31.8. The second-order valence-corrected chi connectivity index (χ2v) is 7.23. The maximum atomic E-state index is 14.4. The molecular weight excluding hydrogens is 411 g/mol. The zero-order valence-corrected chi connectivity index (χ0v) is 17.6. The zero-order valence-electron chi connectivity index (χ0n) is 16.8. The van der Waals surface area contributed by atoms with Crippen molar-refractivity contribution < 1.29 is 28.2 Å². The van der Waals surface area contributed by atoms with Gasteiger partial charge in [0, 0.05) is 11.6 Å². The molecule has 9 heteroatoms. The highest BCUT2D eigenvalue weighted by Gasteiger charge is 2.16. The standard InChI is InChI=1S/C21H21FN2O5S/c1-4-29-19(26)12-24-20-15(22)6-5-7-17(20)30-21(24)23-18(25)10-13-8-9-14(27-2)11-16(13)28-3/h5-9,11H,4,10,12H2,1-3H3. The average molecular weight is 432 g/mol. The highest BCUT2D eigenvalue weighted by Crippen LogP contribution is 2.25. The Morgan fingerprint density at radius 3 is 2.67 bits per heavy atom. The van der Waals surface area contributed by atoms with Gasteiger partial charge in [0.2, 0.25) is 0 Å². The smallest absolute Gasteiger partial charge is 0.326 e. The Bertz CT molecular complexity index is 1150. The normalized spacial score (nSPS) is 11.5. The van der Waals surface area contributed by atoms with Crippen LogP contribution in [0.15, 0.2) is 41.4 Å². The summed E-state index contributed by atoms with van der Waals surface area (Å²) in [6, 6.07) is 9.70. The molecule has 1 amide bonds. The van der Waals surface area contributed by atoms with Crippen LogP contribution in [0.25, 0.3) is 10.2 Å². The highest BCUT2D eigenvalue weighted by atomic mass is 32.1. The third-order valence-corrected chi connectivity index (χ3v) is 5.34. The van der Waals surface area contributed by atoms with Crippen LogP contribution in [0.3, 0.4) is 0 Å². The van der Waals surface area contributed by atoms with Gasteiger partial charge in [-0.05, 0) is 25.1 Å². The monoisotopic (exact) mass is 432 g/mol. The molecular formula is C21H21FN2O5S. The highest BCUT2D eigenvalue weighted by molar-refractivity contribution is 7.16. The van der Waals surface area contributed by atoms with Gasteiger partial charge >= 0.3 is 5.97 Å². The van der Waals surface area contributed by atoms with Gasteiger partial charge in [-0.15, -0.1) is 0 Å². The molecule has 7 nitrogen and oxygen atoms in total. The molecule has 0 fully saturated rings. The molecule has 0 saturated heterocycles. The molecule has 3 rings (SSSR count). The van der Waals surface area contributed by atoms with E-state index >= 15 is 0 Å². The summed E-state index contributed by atoms with van der Waals surface area (Å²) in [7, 11) is 3.04. The van der Waals surface area contributed by atoms with Crippen molar-refractivity contribution in [2.45, 2.75) is 19.9 Å². The minimum absolute atomic E-state index is 0.0245. The van der Waals surface area contributed by atoms with E-state index in [-0.39, 0.29) is 29.9 Å². The summed E-state index contributed by atoms with van der Waals surface area (Å²) in [4.78, 5) is 29.1. The van der Waals surface area contributed by atoms with E-state index in [1.165, 1.54) is 24.9 Å². The molecule has 158 valence electrons. The SMILES string of the molecule is CCOC(=O)Cn1c(=NC(=O)Cc2ccc(OC)cc2OC)sc2cccc(F)c21. The lowest BCUT2D eigenvalue weighted by Gasteiger charge is -2.09. The Morgan fingerprint density at radius 2 is 1.97 bits per heavy atom. The Kier molecular flexibility index (Phi) is 6.83. The second-order valence-electron chi connectivity index (χ2n) is 6.22. The number of fused-ring (bicyclic) bond motifs is 1. The number of nitrogens with zero attached hydrogens (tertiary/aromatic N) is 2. The number of esters is 1. The summed E-state index contributed by atoms with van der Waals surface area (Å²) in [6.45, 7) is 1.64. The first-order chi connectivity index (χ1) is 14.5. The summed E-state index contributed by atoms with van der Waals surface area (Å²) in [5.74, 6) is -0.389. The van der Waals surface area contributed by atoms with Crippen molar-refractivity contribution in [1.29, 1.82) is 0 Å². The minimum Gasteiger partial charge on any atom is -0.497 e. The van der Waals surface area contributed by atoms with E-state index < -0.39 is 17.7 Å². The summed E-state index contributed by atoms with van der Waals surface area (Å²) in [5.41, 5.74) is 0.848. The van der Waals surface area contributed by atoms with Crippen molar-refractivity contribution in [2.24, 2.45) is 4.99 Å². The van der Waals surface area contributed by atoms with E-state index in [2.05, 4.69) is 4.99 Å². The molecule has 30 heavy (non-hydrogen) atoms. The van der Waals surface area contributed by atoms with E-state index in [0.717, 1.165) is 11.3 Å². The van der Waals surface area contributed by atoms with E-state index in [4.69, 9.17) is 14.2 Å². The summed E-state index contributed by atoms with van der Waals surface area (Å²) in [6.07, 6.45) is -0.0245. The molecule has 0 aliphatic heterocycles. The molecule has 0 saturated carbocycles. The predicted molar refractivity (Wildman–Crippen MR) is 110 cm³/mol. The number of halogens is 1. The van der Waals surface area contributed by atoms with Gasteiger partial charge < -0.3 is 18.8 Å². The van der Waals surface area contributed by atoms with E-state index in [0.29, 0.717) is 21.8 Å². The zero-order chi connectivity index (χ0) is 21.7.